The molecule has 1 N–H and O–H groups in total. The molecular formula is C22H36N4O. The highest BCUT2D eigenvalue weighted by Gasteiger charge is 2.16. The van der Waals surface area contributed by atoms with E-state index in [4.69, 9.17) is 4.98 Å². The van der Waals surface area contributed by atoms with Gasteiger partial charge in [-0.3, -0.25) is 4.79 Å². The molecule has 5 nitrogen and oxygen atoms in total. The summed E-state index contributed by atoms with van der Waals surface area (Å²) in [6.45, 7) is 15.0. The van der Waals surface area contributed by atoms with Crippen LogP contribution in [0.4, 0.5) is 0 Å². The zero-order valence-corrected chi connectivity index (χ0v) is 18.1. The fourth-order valence-corrected chi connectivity index (χ4v) is 3.63. The summed E-state index contributed by atoms with van der Waals surface area (Å²) < 4.78 is 1.96. The van der Waals surface area contributed by atoms with E-state index >= 15 is 0 Å². The van der Waals surface area contributed by atoms with Gasteiger partial charge in [-0.15, -0.1) is 0 Å². The van der Waals surface area contributed by atoms with Crippen LogP contribution in [0.25, 0.3) is 11.0 Å². The van der Waals surface area contributed by atoms with E-state index < -0.39 is 0 Å². The largest absolute Gasteiger partial charge is 0.354 e. The second kappa shape index (κ2) is 9.34. The second-order valence-electron chi connectivity index (χ2n) is 8.51. The van der Waals surface area contributed by atoms with Gasteiger partial charge in [0.05, 0.1) is 6.20 Å². The predicted molar refractivity (Wildman–Crippen MR) is 112 cm³/mol. The van der Waals surface area contributed by atoms with E-state index in [0.717, 1.165) is 41.9 Å². The van der Waals surface area contributed by atoms with Gasteiger partial charge in [-0.05, 0) is 64.5 Å². The minimum atomic E-state index is 0.129. The summed E-state index contributed by atoms with van der Waals surface area (Å²) in [5.74, 6) is 0.852. The third-order valence-electron chi connectivity index (χ3n) is 5.25. The minimum absolute atomic E-state index is 0.129. The van der Waals surface area contributed by atoms with Crippen LogP contribution in [0, 0.1) is 19.8 Å². The van der Waals surface area contributed by atoms with Crippen LogP contribution in [0.5, 0.6) is 0 Å². The summed E-state index contributed by atoms with van der Waals surface area (Å²) in [6, 6.07) is 0.519. The molecule has 1 atom stereocenters. The molecule has 0 fully saturated rings. The number of carbonyl (C=O) groups excluding carboxylic acids is 1. The Morgan fingerprint density at radius 1 is 1.15 bits per heavy atom. The van der Waals surface area contributed by atoms with Crippen LogP contribution in [-0.4, -0.2) is 26.7 Å². The average molecular weight is 373 g/mol. The first kappa shape index (κ1) is 21.4. The Balaban J connectivity index is 1.99. The second-order valence-corrected chi connectivity index (χ2v) is 8.51. The van der Waals surface area contributed by atoms with Crippen molar-refractivity contribution in [1.82, 2.24) is 20.1 Å². The molecule has 0 aliphatic carbocycles. The number of hydrogen-bond donors (Lipinski definition) is 1. The summed E-state index contributed by atoms with van der Waals surface area (Å²) in [7, 11) is 0. The number of carbonyl (C=O) groups is 1. The summed E-state index contributed by atoms with van der Waals surface area (Å²) in [5, 5.41) is 8.72. The molecular weight excluding hydrogens is 336 g/mol. The van der Waals surface area contributed by atoms with Crippen molar-refractivity contribution in [2.75, 3.05) is 0 Å². The number of aryl methyl sites for hydroxylation is 2. The molecule has 0 saturated heterocycles. The van der Waals surface area contributed by atoms with Crippen molar-refractivity contribution in [3.63, 3.8) is 0 Å². The summed E-state index contributed by atoms with van der Waals surface area (Å²) in [5.41, 5.74) is 4.31. The normalized spacial score (nSPS) is 12.9. The number of rotatable bonds is 9. The number of aromatic nitrogens is 3. The zero-order chi connectivity index (χ0) is 20.1. The van der Waals surface area contributed by atoms with E-state index in [0.29, 0.717) is 6.42 Å². The Morgan fingerprint density at radius 3 is 2.48 bits per heavy atom. The Labute approximate surface area is 163 Å². The maximum absolute atomic E-state index is 12.4. The third kappa shape index (κ3) is 5.53. The molecule has 150 valence electrons. The van der Waals surface area contributed by atoms with Crippen LogP contribution in [0.15, 0.2) is 6.20 Å². The SMILES string of the molecule is Cc1nc2c(cnn2C(C)C)c(C)c1CCC(=O)N[C@H](C)CCCC(C)C. The van der Waals surface area contributed by atoms with Gasteiger partial charge in [0.1, 0.15) is 0 Å². The quantitative estimate of drug-likeness (QED) is 0.681. The van der Waals surface area contributed by atoms with Gasteiger partial charge in [0.2, 0.25) is 5.91 Å². The van der Waals surface area contributed by atoms with Gasteiger partial charge in [-0.1, -0.05) is 26.7 Å². The molecule has 0 spiro atoms. The first-order chi connectivity index (χ1) is 12.7. The zero-order valence-electron chi connectivity index (χ0n) is 18.1. The average Bonchev–Trinajstić information content (AvgIpc) is 2.98. The molecule has 0 saturated carbocycles. The van der Waals surface area contributed by atoms with E-state index in [1.807, 2.05) is 17.8 Å². The maximum atomic E-state index is 12.4. The van der Waals surface area contributed by atoms with Crippen molar-refractivity contribution >= 4 is 16.9 Å². The monoisotopic (exact) mass is 372 g/mol. The maximum Gasteiger partial charge on any atom is 0.220 e. The minimum Gasteiger partial charge on any atom is -0.354 e. The summed E-state index contributed by atoms with van der Waals surface area (Å²) in [4.78, 5) is 17.1. The van der Waals surface area contributed by atoms with Gasteiger partial charge in [-0.2, -0.15) is 5.10 Å². The fraction of sp³-hybridized carbons (Fsp3) is 0.682. The Bertz CT molecular complexity index is 776. The van der Waals surface area contributed by atoms with Crippen LogP contribution < -0.4 is 5.32 Å². The number of fused-ring (bicyclic) bond motifs is 1. The van der Waals surface area contributed by atoms with E-state index in [9.17, 15) is 4.79 Å². The standard InChI is InChI=1S/C22H36N4O/c1-14(2)9-8-10-16(5)24-21(27)12-11-19-17(6)20-13-23-26(15(3)4)22(20)25-18(19)7/h13-16H,8-12H2,1-7H3,(H,24,27)/t16-/m1/s1. The van der Waals surface area contributed by atoms with Gasteiger partial charge in [0.25, 0.3) is 0 Å². The van der Waals surface area contributed by atoms with Gasteiger partial charge in [0.15, 0.2) is 5.65 Å². The summed E-state index contributed by atoms with van der Waals surface area (Å²) >= 11 is 0. The molecule has 0 bridgehead atoms. The van der Waals surface area contributed by atoms with E-state index in [2.05, 4.69) is 52.0 Å². The van der Waals surface area contributed by atoms with Gasteiger partial charge in [0, 0.05) is 29.6 Å². The topological polar surface area (TPSA) is 59.8 Å². The molecule has 0 unspecified atom stereocenters. The Hall–Kier alpha value is -1.91. The van der Waals surface area contributed by atoms with Gasteiger partial charge < -0.3 is 5.32 Å². The van der Waals surface area contributed by atoms with Crippen LogP contribution in [-0.2, 0) is 11.2 Å². The van der Waals surface area contributed by atoms with Gasteiger partial charge in [-0.25, -0.2) is 9.67 Å². The van der Waals surface area contributed by atoms with Crippen molar-refractivity contribution in [2.45, 2.75) is 92.7 Å². The number of nitrogens with zero attached hydrogens (tertiary/aromatic N) is 3. The number of amides is 1. The molecule has 2 aromatic rings. The molecule has 1 amide bonds. The van der Waals surface area contributed by atoms with E-state index in [-0.39, 0.29) is 18.0 Å². The van der Waals surface area contributed by atoms with Crippen molar-refractivity contribution in [2.24, 2.45) is 5.92 Å². The number of pyridine rings is 1. The summed E-state index contributed by atoms with van der Waals surface area (Å²) in [6.07, 6.45) is 6.55. The van der Waals surface area contributed by atoms with Crippen LogP contribution in [0.1, 0.15) is 83.2 Å². The molecule has 0 aliphatic heterocycles. The lowest BCUT2D eigenvalue weighted by Gasteiger charge is -2.16. The van der Waals surface area contributed by atoms with Crippen molar-refractivity contribution in [3.8, 4) is 0 Å². The molecule has 5 heteroatoms. The van der Waals surface area contributed by atoms with Crippen molar-refractivity contribution in [1.29, 1.82) is 0 Å². The third-order valence-corrected chi connectivity index (χ3v) is 5.25. The molecule has 0 radical (unpaired) electrons. The highest BCUT2D eigenvalue weighted by molar-refractivity contribution is 5.81. The molecule has 2 heterocycles. The highest BCUT2D eigenvalue weighted by atomic mass is 16.1. The van der Waals surface area contributed by atoms with Crippen molar-refractivity contribution < 1.29 is 4.79 Å². The Kier molecular flexibility index (Phi) is 7.40. The van der Waals surface area contributed by atoms with E-state index in [1.54, 1.807) is 0 Å². The number of hydrogen-bond acceptors (Lipinski definition) is 3. The lowest BCUT2D eigenvalue weighted by Crippen LogP contribution is -2.32. The van der Waals surface area contributed by atoms with E-state index in [1.165, 1.54) is 17.5 Å². The molecule has 27 heavy (non-hydrogen) atoms. The highest BCUT2D eigenvalue weighted by Crippen LogP contribution is 2.25. The fourth-order valence-electron chi connectivity index (χ4n) is 3.63. The van der Waals surface area contributed by atoms with Crippen LogP contribution in [0.3, 0.4) is 0 Å². The molecule has 0 aromatic carbocycles. The molecule has 2 aromatic heterocycles. The Morgan fingerprint density at radius 2 is 1.85 bits per heavy atom. The molecule has 2 rings (SSSR count). The first-order valence-corrected chi connectivity index (χ1v) is 10.3. The molecule has 0 aliphatic rings. The first-order valence-electron chi connectivity index (χ1n) is 10.3. The lowest BCUT2D eigenvalue weighted by atomic mass is 10.00. The lowest BCUT2D eigenvalue weighted by molar-refractivity contribution is -0.121. The van der Waals surface area contributed by atoms with Crippen LogP contribution in [0.2, 0.25) is 0 Å². The predicted octanol–water partition coefficient (Wildman–Crippen LogP) is 4.89. The van der Waals surface area contributed by atoms with Crippen molar-refractivity contribution in [3.05, 3.63) is 23.0 Å². The van der Waals surface area contributed by atoms with Gasteiger partial charge >= 0.3 is 0 Å². The van der Waals surface area contributed by atoms with Crippen LogP contribution >= 0.6 is 0 Å². The smallest absolute Gasteiger partial charge is 0.220 e. The number of nitrogens with one attached hydrogen (secondary N) is 1.